The number of sulfonamides is 1. The summed E-state index contributed by atoms with van der Waals surface area (Å²) in [5, 5.41) is 0. The maximum Gasteiger partial charge on any atom is 0.244 e. The van der Waals surface area contributed by atoms with Crippen LogP contribution in [0.25, 0.3) is 0 Å². The SMILES string of the molecule is COc1ccc(OC)c(S(=O)(=O)NC[C@@H](c2ccc3c(c2)OCO3)N2CCOCC2)c1. The van der Waals surface area contributed by atoms with E-state index in [1.54, 1.807) is 12.1 Å². The van der Waals surface area contributed by atoms with Crippen LogP contribution in [-0.2, 0) is 14.8 Å². The Balaban J connectivity index is 1.60. The third kappa shape index (κ3) is 4.72. The second-order valence-electron chi connectivity index (χ2n) is 7.15. The van der Waals surface area contributed by atoms with Gasteiger partial charge in [0.2, 0.25) is 16.8 Å². The molecule has 2 heterocycles. The van der Waals surface area contributed by atoms with Crippen molar-refractivity contribution in [2.24, 2.45) is 0 Å². The zero-order chi connectivity index (χ0) is 21.8. The highest BCUT2D eigenvalue weighted by molar-refractivity contribution is 7.89. The van der Waals surface area contributed by atoms with Crippen LogP contribution in [0, 0.1) is 0 Å². The Kier molecular flexibility index (Phi) is 6.51. The van der Waals surface area contributed by atoms with Gasteiger partial charge in [0.05, 0.1) is 27.4 Å². The summed E-state index contributed by atoms with van der Waals surface area (Å²) in [5.41, 5.74) is 0.937. The predicted octanol–water partition coefficient (Wildman–Crippen LogP) is 1.78. The lowest BCUT2D eigenvalue weighted by atomic mass is 10.0. The van der Waals surface area contributed by atoms with Gasteiger partial charge < -0.3 is 23.7 Å². The molecule has 0 amide bonds. The fourth-order valence-corrected chi connectivity index (χ4v) is 4.95. The van der Waals surface area contributed by atoms with Gasteiger partial charge in [0.25, 0.3) is 0 Å². The number of morpholine rings is 1. The number of nitrogens with one attached hydrogen (secondary N) is 1. The minimum atomic E-state index is -3.86. The van der Waals surface area contributed by atoms with E-state index in [4.69, 9.17) is 23.7 Å². The highest BCUT2D eigenvalue weighted by Crippen LogP contribution is 2.36. The van der Waals surface area contributed by atoms with Gasteiger partial charge in [-0.15, -0.1) is 0 Å². The number of methoxy groups -OCH3 is 2. The van der Waals surface area contributed by atoms with Crippen molar-refractivity contribution in [3.8, 4) is 23.0 Å². The monoisotopic (exact) mass is 450 g/mol. The molecular formula is C21H26N2O7S. The second kappa shape index (κ2) is 9.31. The molecule has 2 aromatic rings. The highest BCUT2D eigenvalue weighted by Gasteiger charge is 2.28. The van der Waals surface area contributed by atoms with Crippen molar-refractivity contribution in [1.29, 1.82) is 0 Å². The number of hydrogen-bond donors (Lipinski definition) is 1. The van der Waals surface area contributed by atoms with E-state index in [1.807, 2.05) is 18.2 Å². The van der Waals surface area contributed by atoms with Gasteiger partial charge in [-0.1, -0.05) is 6.07 Å². The van der Waals surface area contributed by atoms with Crippen LogP contribution < -0.4 is 23.7 Å². The summed E-state index contributed by atoms with van der Waals surface area (Å²) < 4.78 is 55.9. The zero-order valence-electron chi connectivity index (χ0n) is 17.5. The predicted molar refractivity (Wildman–Crippen MR) is 112 cm³/mol. The first-order valence-corrected chi connectivity index (χ1v) is 11.4. The summed E-state index contributed by atoms with van der Waals surface area (Å²) in [6, 6.07) is 10.2. The van der Waals surface area contributed by atoms with Crippen LogP contribution in [0.4, 0.5) is 0 Å². The number of ether oxygens (including phenoxy) is 5. The highest BCUT2D eigenvalue weighted by atomic mass is 32.2. The van der Waals surface area contributed by atoms with Crippen LogP contribution in [0.3, 0.4) is 0 Å². The van der Waals surface area contributed by atoms with Crippen LogP contribution in [0.2, 0.25) is 0 Å². The van der Waals surface area contributed by atoms with Gasteiger partial charge in [-0.25, -0.2) is 13.1 Å². The first-order valence-electron chi connectivity index (χ1n) is 9.95. The van der Waals surface area contributed by atoms with Crippen molar-refractivity contribution in [2.75, 3.05) is 53.9 Å². The summed E-state index contributed by atoms with van der Waals surface area (Å²) >= 11 is 0. The van der Waals surface area contributed by atoms with Crippen molar-refractivity contribution in [2.45, 2.75) is 10.9 Å². The molecule has 31 heavy (non-hydrogen) atoms. The van der Waals surface area contributed by atoms with Crippen LogP contribution in [0.15, 0.2) is 41.3 Å². The van der Waals surface area contributed by atoms with Gasteiger partial charge >= 0.3 is 0 Å². The standard InChI is InChI=1S/C21H26N2O7S/c1-26-16-4-6-19(27-2)21(12-16)31(24,25)22-13-17(23-7-9-28-10-8-23)15-3-5-18-20(11-15)30-14-29-18/h3-6,11-12,17,22H,7-10,13-14H2,1-2H3/t17-/m0/s1. The van der Waals surface area contributed by atoms with Gasteiger partial charge in [-0.05, 0) is 29.8 Å². The Morgan fingerprint density at radius 1 is 1.03 bits per heavy atom. The molecule has 0 spiro atoms. The molecule has 2 aliphatic rings. The van der Waals surface area contributed by atoms with Crippen molar-refractivity contribution in [3.63, 3.8) is 0 Å². The third-order valence-electron chi connectivity index (χ3n) is 5.39. The lowest BCUT2D eigenvalue weighted by molar-refractivity contribution is 0.0171. The fourth-order valence-electron chi connectivity index (χ4n) is 3.73. The molecule has 2 aliphatic heterocycles. The summed E-state index contributed by atoms with van der Waals surface area (Å²) in [7, 11) is -0.937. The van der Waals surface area contributed by atoms with Crippen molar-refractivity contribution < 1.29 is 32.1 Å². The topological polar surface area (TPSA) is 95.6 Å². The Hall–Kier alpha value is -2.53. The van der Waals surface area contributed by atoms with E-state index in [1.165, 1.54) is 20.3 Å². The minimum Gasteiger partial charge on any atom is -0.497 e. The summed E-state index contributed by atoms with van der Waals surface area (Å²) in [4.78, 5) is 2.23. The molecule has 2 aromatic carbocycles. The number of benzene rings is 2. The van der Waals surface area contributed by atoms with Crippen molar-refractivity contribution in [3.05, 3.63) is 42.0 Å². The quantitative estimate of drug-likeness (QED) is 0.650. The normalized spacial score (nSPS) is 17.4. The molecule has 168 valence electrons. The fraction of sp³-hybridized carbons (Fsp3) is 0.429. The van der Waals surface area contributed by atoms with Crippen molar-refractivity contribution >= 4 is 10.0 Å². The Morgan fingerprint density at radius 2 is 1.81 bits per heavy atom. The Labute approximate surface area is 181 Å². The largest absolute Gasteiger partial charge is 0.497 e. The molecular weight excluding hydrogens is 424 g/mol. The van der Waals surface area contributed by atoms with E-state index in [-0.39, 0.29) is 30.0 Å². The molecule has 1 N–H and O–H groups in total. The lowest BCUT2D eigenvalue weighted by Gasteiger charge is -2.35. The molecule has 0 radical (unpaired) electrons. The maximum absolute atomic E-state index is 13.2. The van der Waals surface area contributed by atoms with Crippen LogP contribution in [0.5, 0.6) is 23.0 Å². The van der Waals surface area contributed by atoms with E-state index < -0.39 is 10.0 Å². The Bertz CT molecular complexity index is 1020. The van der Waals surface area contributed by atoms with Crippen LogP contribution >= 0.6 is 0 Å². The van der Waals surface area contributed by atoms with E-state index in [2.05, 4.69) is 9.62 Å². The molecule has 0 bridgehead atoms. The van der Waals surface area contributed by atoms with Gasteiger partial charge in [0.1, 0.15) is 16.4 Å². The molecule has 10 heteroatoms. The molecule has 9 nitrogen and oxygen atoms in total. The number of nitrogens with zero attached hydrogens (tertiary/aromatic N) is 1. The maximum atomic E-state index is 13.2. The van der Waals surface area contributed by atoms with Crippen LogP contribution in [0.1, 0.15) is 11.6 Å². The minimum absolute atomic E-state index is 0.0285. The smallest absolute Gasteiger partial charge is 0.244 e. The summed E-state index contributed by atoms with van der Waals surface area (Å²) in [6.45, 7) is 2.94. The average molecular weight is 451 g/mol. The lowest BCUT2D eigenvalue weighted by Crippen LogP contribution is -2.43. The molecule has 0 aliphatic carbocycles. The first-order chi connectivity index (χ1) is 15.0. The Morgan fingerprint density at radius 3 is 2.55 bits per heavy atom. The van der Waals surface area contributed by atoms with Crippen molar-refractivity contribution in [1.82, 2.24) is 9.62 Å². The molecule has 0 unspecified atom stereocenters. The molecule has 0 aromatic heterocycles. The summed E-state index contributed by atoms with van der Waals surface area (Å²) in [6.07, 6.45) is 0. The van der Waals surface area contributed by atoms with Gasteiger partial charge in [0, 0.05) is 31.7 Å². The second-order valence-corrected chi connectivity index (χ2v) is 8.88. The van der Waals surface area contributed by atoms with E-state index in [0.717, 1.165) is 5.56 Å². The average Bonchev–Trinajstić information content (AvgIpc) is 3.27. The number of hydrogen-bond acceptors (Lipinski definition) is 8. The number of rotatable bonds is 8. The van der Waals surface area contributed by atoms with Gasteiger partial charge in [0.15, 0.2) is 11.5 Å². The molecule has 4 rings (SSSR count). The van der Waals surface area contributed by atoms with E-state index >= 15 is 0 Å². The van der Waals surface area contributed by atoms with Crippen LogP contribution in [-0.4, -0.2) is 67.2 Å². The zero-order valence-corrected chi connectivity index (χ0v) is 18.3. The number of fused-ring (bicyclic) bond motifs is 1. The molecule has 1 atom stereocenters. The molecule has 1 saturated heterocycles. The van der Waals surface area contributed by atoms with Gasteiger partial charge in [-0.2, -0.15) is 0 Å². The molecule has 0 saturated carbocycles. The third-order valence-corrected chi connectivity index (χ3v) is 6.84. The van der Waals surface area contributed by atoms with Gasteiger partial charge in [-0.3, -0.25) is 4.90 Å². The van der Waals surface area contributed by atoms with E-state index in [9.17, 15) is 8.42 Å². The van der Waals surface area contributed by atoms with E-state index in [0.29, 0.717) is 43.6 Å². The first kappa shape index (κ1) is 21.7. The molecule has 1 fully saturated rings. The summed E-state index contributed by atoms with van der Waals surface area (Å²) in [5.74, 6) is 2.03.